The van der Waals surface area contributed by atoms with Gasteiger partial charge in [0.15, 0.2) is 0 Å². The van der Waals surface area contributed by atoms with Gasteiger partial charge in [0.2, 0.25) is 0 Å². The molecule has 6 heteroatoms. The summed E-state index contributed by atoms with van der Waals surface area (Å²) in [6.07, 6.45) is 6.02. The van der Waals surface area contributed by atoms with Gasteiger partial charge in [-0.2, -0.15) is 5.10 Å². The number of benzene rings is 2. The average molecular weight is 419 g/mol. The van der Waals surface area contributed by atoms with Crippen LogP contribution in [0.15, 0.2) is 52.0 Å². The first-order chi connectivity index (χ1) is 12.6. The number of carbonyl (C=O) groups excluding carboxylic acids is 1. The van der Waals surface area contributed by atoms with Crippen molar-refractivity contribution in [3.63, 3.8) is 0 Å². The Morgan fingerprint density at radius 3 is 2.69 bits per heavy atom. The van der Waals surface area contributed by atoms with Crippen LogP contribution in [0.1, 0.15) is 48.5 Å². The number of halogens is 1. The lowest BCUT2D eigenvalue weighted by atomic mass is 10.2. The summed E-state index contributed by atoms with van der Waals surface area (Å²) in [5, 5.41) is 13.6. The molecule has 0 aromatic heterocycles. The molecule has 26 heavy (non-hydrogen) atoms. The number of phenols is 1. The molecule has 0 unspecified atom stereocenters. The van der Waals surface area contributed by atoms with Crippen molar-refractivity contribution >= 4 is 28.1 Å². The van der Waals surface area contributed by atoms with Gasteiger partial charge in [-0.1, -0.05) is 42.1 Å². The summed E-state index contributed by atoms with van der Waals surface area (Å²) in [6.45, 7) is 2.86. The van der Waals surface area contributed by atoms with Gasteiger partial charge >= 0.3 is 0 Å². The number of unbranched alkanes of at least 4 members (excludes halogenated alkanes) is 3. The van der Waals surface area contributed by atoms with Gasteiger partial charge in [0.05, 0.1) is 12.8 Å². The molecule has 0 spiro atoms. The Balaban J connectivity index is 1.83. The van der Waals surface area contributed by atoms with Crippen LogP contribution in [0.25, 0.3) is 0 Å². The van der Waals surface area contributed by atoms with Crippen LogP contribution >= 0.6 is 15.9 Å². The van der Waals surface area contributed by atoms with E-state index in [9.17, 15) is 9.90 Å². The number of hydrogen-bond acceptors (Lipinski definition) is 4. The number of aromatic hydroxyl groups is 1. The van der Waals surface area contributed by atoms with E-state index in [2.05, 4.69) is 33.4 Å². The Bertz CT molecular complexity index is 745. The normalized spacial score (nSPS) is 10.8. The molecule has 0 heterocycles. The molecule has 0 aliphatic rings. The zero-order valence-electron chi connectivity index (χ0n) is 14.7. The van der Waals surface area contributed by atoms with Crippen molar-refractivity contribution in [3.05, 3.63) is 58.1 Å². The van der Waals surface area contributed by atoms with Gasteiger partial charge in [0.25, 0.3) is 5.91 Å². The van der Waals surface area contributed by atoms with E-state index in [0.29, 0.717) is 17.7 Å². The quantitative estimate of drug-likeness (QED) is 0.346. The summed E-state index contributed by atoms with van der Waals surface area (Å²) in [5.74, 6) is 0.512. The lowest BCUT2D eigenvalue weighted by molar-refractivity contribution is 0.0955. The third-order valence-corrected chi connectivity index (χ3v) is 4.24. The Morgan fingerprint density at radius 1 is 1.19 bits per heavy atom. The highest BCUT2D eigenvalue weighted by atomic mass is 79.9. The predicted molar refractivity (Wildman–Crippen MR) is 107 cm³/mol. The Labute approximate surface area is 162 Å². The van der Waals surface area contributed by atoms with E-state index in [1.54, 1.807) is 42.5 Å². The van der Waals surface area contributed by atoms with Crippen molar-refractivity contribution < 1.29 is 14.6 Å². The van der Waals surface area contributed by atoms with E-state index in [1.165, 1.54) is 25.5 Å². The minimum atomic E-state index is -0.328. The van der Waals surface area contributed by atoms with Gasteiger partial charge in [-0.25, -0.2) is 5.43 Å². The number of nitrogens with one attached hydrogen (secondary N) is 1. The molecule has 1 amide bonds. The highest BCUT2D eigenvalue weighted by molar-refractivity contribution is 9.10. The van der Waals surface area contributed by atoms with Crippen LogP contribution in [-0.4, -0.2) is 23.8 Å². The zero-order chi connectivity index (χ0) is 18.8. The summed E-state index contributed by atoms with van der Waals surface area (Å²) >= 11 is 3.32. The summed E-state index contributed by atoms with van der Waals surface area (Å²) in [6, 6.07) is 11.9. The molecule has 0 aliphatic carbocycles. The molecule has 0 bridgehead atoms. The van der Waals surface area contributed by atoms with Crippen LogP contribution in [0.2, 0.25) is 0 Å². The molecule has 2 aromatic rings. The maximum absolute atomic E-state index is 12.1. The molecule has 2 rings (SSSR count). The number of rotatable bonds is 9. The Morgan fingerprint density at radius 2 is 1.96 bits per heavy atom. The second kappa shape index (κ2) is 10.6. The summed E-state index contributed by atoms with van der Waals surface area (Å²) in [4.78, 5) is 12.1. The van der Waals surface area contributed by atoms with Crippen LogP contribution in [0, 0.1) is 0 Å². The number of phenolic OH excluding ortho intramolecular Hbond substituents is 1. The van der Waals surface area contributed by atoms with E-state index in [4.69, 9.17) is 4.74 Å². The first-order valence-corrected chi connectivity index (χ1v) is 9.44. The monoisotopic (exact) mass is 418 g/mol. The third kappa shape index (κ3) is 6.52. The van der Waals surface area contributed by atoms with Gasteiger partial charge in [-0.3, -0.25) is 4.79 Å². The van der Waals surface area contributed by atoms with Crippen molar-refractivity contribution in [2.75, 3.05) is 6.61 Å². The van der Waals surface area contributed by atoms with Crippen molar-refractivity contribution in [1.29, 1.82) is 0 Å². The average Bonchev–Trinajstić information content (AvgIpc) is 2.65. The Kier molecular flexibility index (Phi) is 8.15. The standard InChI is InChI=1S/C20H23BrN2O3/c1-2-3-4-5-12-26-18-9-6-15(7-10-18)20(25)23-22-14-16-13-17(21)8-11-19(16)24/h6-11,13-14,24H,2-5,12H2,1H3,(H,23,25). The molecule has 2 aromatic carbocycles. The summed E-state index contributed by atoms with van der Waals surface area (Å²) in [7, 11) is 0. The predicted octanol–water partition coefficient (Wildman–Crippen LogP) is 4.88. The van der Waals surface area contributed by atoms with E-state index in [1.807, 2.05) is 0 Å². The fourth-order valence-corrected chi connectivity index (χ4v) is 2.65. The fraction of sp³-hybridized carbons (Fsp3) is 0.300. The molecule has 2 N–H and O–H groups in total. The highest BCUT2D eigenvalue weighted by Gasteiger charge is 2.05. The number of hydrazone groups is 1. The Hall–Kier alpha value is -2.34. The van der Waals surface area contributed by atoms with Gasteiger partial charge in [0.1, 0.15) is 11.5 Å². The minimum Gasteiger partial charge on any atom is -0.507 e. The molecular formula is C20H23BrN2O3. The van der Waals surface area contributed by atoms with Crippen molar-refractivity contribution in [3.8, 4) is 11.5 Å². The fourth-order valence-electron chi connectivity index (χ4n) is 2.28. The van der Waals surface area contributed by atoms with Gasteiger partial charge < -0.3 is 9.84 Å². The van der Waals surface area contributed by atoms with Gasteiger partial charge in [-0.05, 0) is 48.9 Å². The second-order valence-electron chi connectivity index (χ2n) is 5.84. The molecule has 0 saturated carbocycles. The zero-order valence-corrected chi connectivity index (χ0v) is 16.3. The maximum Gasteiger partial charge on any atom is 0.271 e. The van der Waals surface area contributed by atoms with Gasteiger partial charge in [-0.15, -0.1) is 0 Å². The van der Waals surface area contributed by atoms with E-state index in [0.717, 1.165) is 16.6 Å². The van der Waals surface area contributed by atoms with Crippen LogP contribution < -0.4 is 10.2 Å². The number of amides is 1. The van der Waals surface area contributed by atoms with Crippen LogP contribution in [0.5, 0.6) is 11.5 Å². The van der Waals surface area contributed by atoms with Crippen molar-refractivity contribution in [1.82, 2.24) is 5.43 Å². The van der Waals surface area contributed by atoms with Crippen LogP contribution in [0.4, 0.5) is 0 Å². The third-order valence-electron chi connectivity index (χ3n) is 3.74. The lowest BCUT2D eigenvalue weighted by Crippen LogP contribution is -2.17. The lowest BCUT2D eigenvalue weighted by Gasteiger charge is -2.06. The van der Waals surface area contributed by atoms with Crippen molar-refractivity contribution in [2.45, 2.75) is 32.6 Å². The summed E-state index contributed by atoms with van der Waals surface area (Å²) < 4.78 is 6.47. The first kappa shape index (κ1) is 20.0. The smallest absolute Gasteiger partial charge is 0.271 e. The van der Waals surface area contributed by atoms with Crippen molar-refractivity contribution in [2.24, 2.45) is 5.10 Å². The largest absolute Gasteiger partial charge is 0.507 e. The molecule has 0 saturated heterocycles. The molecule has 0 radical (unpaired) electrons. The SMILES string of the molecule is CCCCCCOc1ccc(C(=O)NN=Cc2cc(Br)ccc2O)cc1. The molecular weight excluding hydrogens is 396 g/mol. The minimum absolute atomic E-state index is 0.0895. The second-order valence-corrected chi connectivity index (χ2v) is 6.75. The number of nitrogens with zero attached hydrogens (tertiary/aromatic N) is 1. The molecule has 138 valence electrons. The van der Waals surface area contributed by atoms with Gasteiger partial charge in [0, 0.05) is 15.6 Å². The molecule has 0 atom stereocenters. The topological polar surface area (TPSA) is 70.9 Å². The molecule has 0 aliphatic heterocycles. The molecule has 5 nitrogen and oxygen atoms in total. The first-order valence-electron chi connectivity index (χ1n) is 8.65. The van der Waals surface area contributed by atoms with E-state index < -0.39 is 0 Å². The maximum atomic E-state index is 12.1. The van der Waals surface area contributed by atoms with E-state index in [-0.39, 0.29) is 11.7 Å². The van der Waals surface area contributed by atoms with Crippen LogP contribution in [-0.2, 0) is 0 Å². The number of carbonyl (C=O) groups is 1. The van der Waals surface area contributed by atoms with Crippen LogP contribution in [0.3, 0.4) is 0 Å². The number of ether oxygens (including phenoxy) is 1. The van der Waals surface area contributed by atoms with E-state index >= 15 is 0 Å². The summed E-state index contributed by atoms with van der Waals surface area (Å²) in [5.41, 5.74) is 3.43. The number of hydrogen-bond donors (Lipinski definition) is 2. The highest BCUT2D eigenvalue weighted by Crippen LogP contribution is 2.20. The molecule has 0 fully saturated rings.